The number of benzene rings is 3. The maximum atomic E-state index is 13.8. The van der Waals surface area contributed by atoms with Crippen LogP contribution in [0.15, 0.2) is 60.2 Å². The Morgan fingerprint density at radius 3 is 2.47 bits per heavy atom. The molecule has 0 saturated heterocycles. The second-order valence-electron chi connectivity index (χ2n) is 7.99. The molecule has 2 heterocycles. The Morgan fingerprint density at radius 2 is 1.72 bits per heavy atom. The number of fused-ring (bicyclic) bond motifs is 2. The van der Waals surface area contributed by atoms with Crippen LogP contribution in [0.1, 0.15) is 27.0 Å². The van der Waals surface area contributed by atoms with Crippen LogP contribution in [0.3, 0.4) is 0 Å². The monoisotopic (exact) mass is 510 g/mol. The first kappa shape index (κ1) is 25.8. The van der Waals surface area contributed by atoms with Gasteiger partial charge in [0.1, 0.15) is 16.8 Å². The minimum atomic E-state index is -1.46. The molecule has 0 unspecified atom stereocenters. The van der Waals surface area contributed by atoms with Crippen molar-refractivity contribution in [1.29, 1.82) is 0 Å². The van der Waals surface area contributed by atoms with Crippen molar-refractivity contribution in [2.45, 2.75) is 13.3 Å². The number of carboxylic acids is 1. The molecular formula is C26H19N2NaO6S. The van der Waals surface area contributed by atoms with E-state index in [0.29, 0.717) is 33.8 Å². The Kier molecular flexibility index (Phi) is 7.75. The van der Waals surface area contributed by atoms with Crippen molar-refractivity contribution in [1.82, 2.24) is 8.75 Å². The number of hydrogen-bond acceptors (Lipinski definition) is 9. The number of aliphatic carboxylic acids is 1. The van der Waals surface area contributed by atoms with Gasteiger partial charge in [0.15, 0.2) is 17.3 Å². The van der Waals surface area contributed by atoms with Gasteiger partial charge in [0.25, 0.3) is 0 Å². The number of aromatic nitrogens is 2. The van der Waals surface area contributed by atoms with E-state index in [2.05, 4.69) is 8.75 Å². The van der Waals surface area contributed by atoms with Crippen molar-refractivity contribution < 1.29 is 58.5 Å². The summed E-state index contributed by atoms with van der Waals surface area (Å²) in [7, 11) is 1.58. The number of rotatable bonds is 7. The van der Waals surface area contributed by atoms with Gasteiger partial charge in [0.2, 0.25) is 6.79 Å². The zero-order valence-electron chi connectivity index (χ0n) is 19.9. The smallest absolute Gasteiger partial charge is 0.545 e. The van der Waals surface area contributed by atoms with Crippen molar-refractivity contribution >= 4 is 40.1 Å². The molecule has 1 aromatic heterocycles. The molecule has 36 heavy (non-hydrogen) atoms. The summed E-state index contributed by atoms with van der Waals surface area (Å²) in [6, 6.07) is 15.1. The van der Waals surface area contributed by atoms with Crippen LogP contribution in [0.25, 0.3) is 16.6 Å². The molecule has 0 saturated carbocycles. The maximum absolute atomic E-state index is 13.8. The molecule has 10 heteroatoms. The molecule has 0 bridgehead atoms. The fraction of sp³-hybridized carbons (Fsp3) is 0.154. The van der Waals surface area contributed by atoms with E-state index < -0.39 is 11.8 Å². The minimum Gasteiger partial charge on any atom is -0.545 e. The first-order valence-corrected chi connectivity index (χ1v) is 11.4. The number of ketones is 1. The van der Waals surface area contributed by atoms with Gasteiger partial charge in [-0.25, -0.2) is 0 Å². The number of carboxylic acid groups (broad SMARTS) is 1. The summed E-state index contributed by atoms with van der Waals surface area (Å²) in [5, 5.41) is 12.5. The van der Waals surface area contributed by atoms with E-state index in [1.807, 2.05) is 13.0 Å². The van der Waals surface area contributed by atoms with Gasteiger partial charge in [-0.2, -0.15) is 8.75 Å². The van der Waals surface area contributed by atoms with Crippen LogP contribution in [0.2, 0.25) is 0 Å². The van der Waals surface area contributed by atoms with Crippen LogP contribution >= 0.6 is 11.7 Å². The number of carbonyl (C=O) groups excluding carboxylic acids is 2. The summed E-state index contributed by atoms with van der Waals surface area (Å²) >= 11 is 1.03. The minimum absolute atomic E-state index is 0. The maximum Gasteiger partial charge on any atom is 1.00 e. The predicted octanol–water partition coefficient (Wildman–Crippen LogP) is 0.370. The van der Waals surface area contributed by atoms with Crippen molar-refractivity contribution in [3.8, 4) is 17.2 Å². The summed E-state index contributed by atoms with van der Waals surface area (Å²) in [6.45, 7) is 1.95. The van der Waals surface area contributed by atoms with E-state index in [1.165, 1.54) is 0 Å². The van der Waals surface area contributed by atoms with E-state index in [-0.39, 0.29) is 59.5 Å². The Balaban J connectivity index is 0.00000304. The topological polar surface area (TPSA) is 111 Å². The van der Waals surface area contributed by atoms with Gasteiger partial charge < -0.3 is 24.1 Å². The third-order valence-electron chi connectivity index (χ3n) is 5.80. The van der Waals surface area contributed by atoms with Gasteiger partial charge in [-0.15, -0.1) is 0 Å². The summed E-state index contributed by atoms with van der Waals surface area (Å²) < 4.78 is 24.5. The van der Waals surface area contributed by atoms with E-state index in [1.54, 1.807) is 55.6 Å². The molecule has 8 nitrogen and oxygen atoms in total. The Bertz CT molecular complexity index is 1510. The van der Waals surface area contributed by atoms with Crippen LogP contribution in [0, 0.1) is 6.92 Å². The number of hydrogen-bond donors (Lipinski definition) is 0. The Hall–Kier alpha value is -3.24. The van der Waals surface area contributed by atoms with Gasteiger partial charge in [0.05, 0.1) is 24.8 Å². The number of Topliss-reactive ketones (excluding diaryl/α,β-unsaturated/α-hetero) is 1. The van der Waals surface area contributed by atoms with Gasteiger partial charge in [-0.1, -0.05) is 18.2 Å². The SMILES string of the molecule is COc1ccc(CC(C(=O)c2ccc3c(c2)OCO3)=C(C(=O)[O-])c2ccc3nsnc3c2)cc1C.[Na+]. The molecular weight excluding hydrogens is 491 g/mol. The van der Waals surface area contributed by atoms with Gasteiger partial charge in [0, 0.05) is 23.1 Å². The summed E-state index contributed by atoms with van der Waals surface area (Å²) in [5.74, 6) is -0.253. The molecule has 0 atom stereocenters. The van der Waals surface area contributed by atoms with E-state index >= 15 is 0 Å². The molecule has 4 aromatic rings. The van der Waals surface area contributed by atoms with Crippen molar-refractivity contribution in [2.24, 2.45) is 0 Å². The predicted molar refractivity (Wildman–Crippen MR) is 128 cm³/mol. The largest absolute Gasteiger partial charge is 1.00 e. The van der Waals surface area contributed by atoms with Crippen molar-refractivity contribution in [3.05, 3.63) is 82.4 Å². The molecule has 3 aromatic carbocycles. The second-order valence-corrected chi connectivity index (χ2v) is 8.52. The fourth-order valence-electron chi connectivity index (χ4n) is 4.10. The van der Waals surface area contributed by atoms with E-state index in [4.69, 9.17) is 14.2 Å². The molecule has 0 N–H and O–H groups in total. The molecule has 0 fully saturated rings. The van der Waals surface area contributed by atoms with E-state index in [9.17, 15) is 14.7 Å². The molecule has 5 rings (SSSR count). The molecule has 1 aliphatic heterocycles. The van der Waals surface area contributed by atoms with Crippen LogP contribution < -0.4 is 48.9 Å². The zero-order valence-corrected chi connectivity index (χ0v) is 22.7. The standard InChI is InChI=1S/C26H20N2O6S.Na/c1-14-9-15(3-7-21(14)32-2)10-18(25(29)17-5-8-22-23(12-17)34-13-33-22)24(26(30)31)16-4-6-19-20(11-16)28-35-27-19;/h3-9,11-12H,10,13H2,1-2H3,(H,30,31);/q;+1/p-1. The molecule has 176 valence electrons. The van der Waals surface area contributed by atoms with Gasteiger partial charge in [-0.05, 0) is 60.0 Å². The van der Waals surface area contributed by atoms with E-state index in [0.717, 1.165) is 22.9 Å². The van der Waals surface area contributed by atoms with Crippen LogP contribution in [0.4, 0.5) is 0 Å². The number of carbonyl (C=O) groups is 2. The number of methoxy groups -OCH3 is 1. The third-order valence-corrected chi connectivity index (χ3v) is 6.35. The summed E-state index contributed by atoms with van der Waals surface area (Å²) in [6.07, 6.45) is 0.0643. The fourth-order valence-corrected chi connectivity index (χ4v) is 4.62. The van der Waals surface area contributed by atoms with Crippen LogP contribution in [-0.2, 0) is 11.2 Å². The Morgan fingerprint density at radius 1 is 0.972 bits per heavy atom. The number of aryl methyl sites for hydroxylation is 1. The average Bonchev–Trinajstić information content (AvgIpc) is 3.51. The zero-order chi connectivity index (χ0) is 24.5. The Labute approximate surface area is 233 Å². The molecule has 1 aliphatic rings. The number of nitrogens with zero attached hydrogens (tertiary/aromatic N) is 2. The van der Waals surface area contributed by atoms with Crippen molar-refractivity contribution in [3.63, 3.8) is 0 Å². The third kappa shape index (κ3) is 5.01. The first-order chi connectivity index (χ1) is 16.9. The quantitative estimate of drug-likeness (QED) is 0.199. The summed E-state index contributed by atoms with van der Waals surface area (Å²) in [4.78, 5) is 26.3. The molecule has 0 aliphatic carbocycles. The van der Waals surface area contributed by atoms with Gasteiger partial charge in [-0.3, -0.25) is 4.79 Å². The molecule has 0 amide bonds. The average molecular weight is 511 g/mol. The van der Waals surface area contributed by atoms with Crippen LogP contribution in [-0.4, -0.2) is 34.4 Å². The molecule has 0 spiro atoms. The van der Waals surface area contributed by atoms with Gasteiger partial charge >= 0.3 is 29.6 Å². The first-order valence-electron chi connectivity index (χ1n) is 10.7. The normalized spacial score (nSPS) is 12.6. The second kappa shape index (κ2) is 10.8. The summed E-state index contributed by atoms with van der Waals surface area (Å²) in [5.41, 5.74) is 3.29. The van der Waals surface area contributed by atoms with Crippen LogP contribution in [0.5, 0.6) is 17.2 Å². The van der Waals surface area contributed by atoms with Crippen molar-refractivity contribution in [2.75, 3.05) is 13.9 Å². The number of allylic oxidation sites excluding steroid dienone is 1. The number of ether oxygens (including phenoxy) is 3. The molecule has 0 radical (unpaired) electrons.